The number of nitrogens with zero attached hydrogens (tertiary/aromatic N) is 2. The molecule has 0 saturated carbocycles. The first-order valence-corrected chi connectivity index (χ1v) is 6.98. The molecule has 0 spiro atoms. The quantitative estimate of drug-likeness (QED) is 0.838. The van der Waals surface area contributed by atoms with Gasteiger partial charge in [-0.25, -0.2) is 0 Å². The zero-order valence-corrected chi connectivity index (χ0v) is 10.7. The summed E-state index contributed by atoms with van der Waals surface area (Å²) in [5, 5.41) is 0. The van der Waals surface area contributed by atoms with Gasteiger partial charge in [0.25, 0.3) is 0 Å². The minimum absolute atomic E-state index is 0.509. The van der Waals surface area contributed by atoms with Crippen LogP contribution in [-0.2, 0) is 16.6 Å². The van der Waals surface area contributed by atoms with Gasteiger partial charge in [0, 0.05) is 20.1 Å². The van der Waals surface area contributed by atoms with Crippen LogP contribution in [0.5, 0.6) is 0 Å². The van der Waals surface area contributed by atoms with E-state index in [1.54, 1.807) is 7.05 Å². The number of hydrogen-bond donors (Lipinski definition) is 1. The largest absolute Gasteiger partial charge is 0.330 e. The summed E-state index contributed by atoms with van der Waals surface area (Å²) in [5.41, 5.74) is 7.31. The summed E-state index contributed by atoms with van der Waals surface area (Å²) in [6, 6.07) is 7.52. The second-order valence-electron chi connectivity index (χ2n) is 4.11. The fourth-order valence-corrected chi connectivity index (χ4v) is 3.24. The van der Waals surface area contributed by atoms with Crippen LogP contribution in [0.15, 0.2) is 24.3 Å². The fourth-order valence-electron chi connectivity index (χ4n) is 1.89. The molecule has 0 aromatic heterocycles. The third-order valence-electron chi connectivity index (χ3n) is 2.95. The van der Waals surface area contributed by atoms with Crippen LogP contribution in [0, 0.1) is 0 Å². The van der Waals surface area contributed by atoms with E-state index in [-0.39, 0.29) is 0 Å². The summed E-state index contributed by atoms with van der Waals surface area (Å²) < 4.78 is 26.7. The zero-order valence-electron chi connectivity index (χ0n) is 9.83. The van der Waals surface area contributed by atoms with Crippen LogP contribution in [0.2, 0.25) is 0 Å². The average Bonchev–Trinajstić information content (AvgIpc) is 2.56. The lowest BCUT2D eigenvalue weighted by Gasteiger charge is -2.18. The maximum absolute atomic E-state index is 11.9. The first kappa shape index (κ1) is 12.3. The summed E-state index contributed by atoms with van der Waals surface area (Å²) in [7, 11) is -1.71. The van der Waals surface area contributed by atoms with E-state index in [4.69, 9.17) is 5.73 Å². The van der Waals surface area contributed by atoms with Crippen LogP contribution in [-0.4, -0.2) is 39.4 Å². The molecule has 6 heteroatoms. The van der Waals surface area contributed by atoms with E-state index in [0.29, 0.717) is 19.6 Å². The molecule has 1 aromatic carbocycles. The molecule has 0 unspecified atom stereocenters. The first-order valence-electron chi connectivity index (χ1n) is 5.58. The Balaban J connectivity index is 2.24. The second-order valence-corrected chi connectivity index (χ2v) is 6.07. The van der Waals surface area contributed by atoms with Gasteiger partial charge in [-0.2, -0.15) is 12.7 Å². The topological polar surface area (TPSA) is 66.6 Å². The number of rotatable bonds is 3. The van der Waals surface area contributed by atoms with Gasteiger partial charge >= 0.3 is 10.2 Å². The standard InChI is InChI=1S/C11H17N3O2S/c1-13-8-9-14(17(13,15)16)11-4-2-10(3-5-11)6-7-12/h2-5H,6-9,12H2,1H3. The van der Waals surface area contributed by atoms with E-state index >= 15 is 0 Å². The normalized spacial score (nSPS) is 19.8. The highest BCUT2D eigenvalue weighted by molar-refractivity contribution is 7.90. The Labute approximate surface area is 102 Å². The van der Waals surface area contributed by atoms with Gasteiger partial charge in [-0.05, 0) is 30.7 Å². The highest BCUT2D eigenvalue weighted by Crippen LogP contribution is 2.24. The minimum atomic E-state index is -3.30. The van der Waals surface area contributed by atoms with Gasteiger partial charge in [0.1, 0.15) is 0 Å². The molecule has 5 nitrogen and oxygen atoms in total. The molecule has 1 heterocycles. The van der Waals surface area contributed by atoms with E-state index in [2.05, 4.69) is 0 Å². The number of benzene rings is 1. The van der Waals surface area contributed by atoms with Gasteiger partial charge in [-0.3, -0.25) is 4.31 Å². The maximum Gasteiger partial charge on any atom is 0.303 e. The molecule has 2 rings (SSSR count). The molecule has 0 radical (unpaired) electrons. The third kappa shape index (κ3) is 2.29. The molecule has 0 bridgehead atoms. The summed E-state index contributed by atoms with van der Waals surface area (Å²) in [5.74, 6) is 0. The molecular formula is C11H17N3O2S. The van der Waals surface area contributed by atoms with Gasteiger partial charge in [-0.15, -0.1) is 0 Å². The molecule has 0 amide bonds. The SMILES string of the molecule is CN1CCN(c2ccc(CCN)cc2)S1(=O)=O. The monoisotopic (exact) mass is 255 g/mol. The number of nitrogens with two attached hydrogens (primary N) is 1. The van der Waals surface area contributed by atoms with E-state index in [1.807, 2.05) is 24.3 Å². The Morgan fingerprint density at radius 3 is 2.35 bits per heavy atom. The molecule has 1 aliphatic heterocycles. The number of anilines is 1. The summed E-state index contributed by atoms with van der Waals surface area (Å²) in [6.07, 6.45) is 0.812. The molecule has 0 atom stereocenters. The van der Waals surface area contributed by atoms with E-state index in [1.165, 1.54) is 8.61 Å². The first-order chi connectivity index (χ1) is 8.05. The Kier molecular flexibility index (Phi) is 3.37. The third-order valence-corrected chi connectivity index (χ3v) is 4.87. The lowest BCUT2D eigenvalue weighted by atomic mass is 10.1. The molecule has 17 heavy (non-hydrogen) atoms. The van der Waals surface area contributed by atoms with E-state index in [9.17, 15) is 8.42 Å². The predicted octanol–water partition coefficient (Wildman–Crippen LogP) is 0.184. The lowest BCUT2D eigenvalue weighted by molar-refractivity contribution is 0.511. The average molecular weight is 255 g/mol. The summed E-state index contributed by atoms with van der Waals surface area (Å²) in [4.78, 5) is 0. The number of hydrogen-bond acceptors (Lipinski definition) is 3. The second kappa shape index (κ2) is 4.64. The predicted molar refractivity (Wildman–Crippen MR) is 68.1 cm³/mol. The van der Waals surface area contributed by atoms with Gasteiger partial charge in [-0.1, -0.05) is 12.1 Å². The molecule has 1 fully saturated rings. The van der Waals surface area contributed by atoms with Crippen molar-refractivity contribution < 1.29 is 8.42 Å². The molecular weight excluding hydrogens is 238 g/mol. The highest BCUT2D eigenvalue weighted by atomic mass is 32.2. The zero-order chi connectivity index (χ0) is 12.5. The summed E-state index contributed by atoms with van der Waals surface area (Å²) >= 11 is 0. The van der Waals surface area contributed by atoms with Crippen molar-refractivity contribution in [2.75, 3.05) is 31.0 Å². The molecule has 1 aliphatic rings. The molecule has 0 aliphatic carbocycles. The van der Waals surface area contributed by atoms with Crippen LogP contribution < -0.4 is 10.0 Å². The van der Waals surface area contributed by atoms with Crippen LogP contribution >= 0.6 is 0 Å². The van der Waals surface area contributed by atoms with Gasteiger partial charge in [0.15, 0.2) is 0 Å². The van der Waals surface area contributed by atoms with Crippen LogP contribution in [0.4, 0.5) is 5.69 Å². The van der Waals surface area contributed by atoms with Gasteiger partial charge in [0.05, 0.1) is 5.69 Å². The highest BCUT2D eigenvalue weighted by Gasteiger charge is 2.33. The number of likely N-dealkylation sites (N-methyl/N-ethyl adjacent to an activating group) is 1. The van der Waals surface area contributed by atoms with Gasteiger partial charge in [0.2, 0.25) is 0 Å². The van der Waals surface area contributed by atoms with E-state index in [0.717, 1.165) is 17.7 Å². The fraction of sp³-hybridized carbons (Fsp3) is 0.455. The van der Waals surface area contributed by atoms with Crippen molar-refractivity contribution in [3.8, 4) is 0 Å². The Bertz CT molecular complexity index is 484. The van der Waals surface area contributed by atoms with Crippen molar-refractivity contribution >= 4 is 15.9 Å². The Hall–Kier alpha value is -1.11. The Morgan fingerprint density at radius 2 is 1.88 bits per heavy atom. The minimum Gasteiger partial charge on any atom is -0.330 e. The molecule has 1 aromatic rings. The smallest absolute Gasteiger partial charge is 0.303 e. The van der Waals surface area contributed by atoms with Gasteiger partial charge < -0.3 is 5.73 Å². The van der Waals surface area contributed by atoms with Crippen molar-refractivity contribution in [2.24, 2.45) is 5.73 Å². The van der Waals surface area contributed by atoms with Crippen molar-refractivity contribution in [1.29, 1.82) is 0 Å². The van der Waals surface area contributed by atoms with Crippen LogP contribution in [0.1, 0.15) is 5.56 Å². The van der Waals surface area contributed by atoms with Crippen LogP contribution in [0.3, 0.4) is 0 Å². The summed E-state index contributed by atoms with van der Waals surface area (Å²) in [6.45, 7) is 1.64. The van der Waals surface area contributed by atoms with Crippen molar-refractivity contribution in [2.45, 2.75) is 6.42 Å². The van der Waals surface area contributed by atoms with Crippen molar-refractivity contribution in [3.63, 3.8) is 0 Å². The van der Waals surface area contributed by atoms with Crippen LogP contribution in [0.25, 0.3) is 0 Å². The maximum atomic E-state index is 11.9. The molecule has 94 valence electrons. The Morgan fingerprint density at radius 1 is 1.24 bits per heavy atom. The van der Waals surface area contributed by atoms with Crippen molar-refractivity contribution in [1.82, 2.24) is 4.31 Å². The van der Waals surface area contributed by atoms with E-state index < -0.39 is 10.2 Å². The van der Waals surface area contributed by atoms with Crippen molar-refractivity contribution in [3.05, 3.63) is 29.8 Å². The molecule has 1 saturated heterocycles. The lowest BCUT2D eigenvalue weighted by Crippen LogP contribution is -2.30. The molecule has 2 N–H and O–H groups in total.